The maximum atomic E-state index is 11.2. The normalized spacial score (nSPS) is 13.8. The quantitative estimate of drug-likeness (QED) is 0.447. The van der Waals surface area contributed by atoms with Crippen molar-refractivity contribution in [2.24, 2.45) is 0 Å². The molecule has 2 rings (SSSR count). The Bertz CT molecular complexity index is 883. The molecule has 0 fully saturated rings. The first-order valence-electron chi connectivity index (χ1n) is 7.84. The van der Waals surface area contributed by atoms with E-state index in [9.17, 15) is 9.59 Å². The van der Waals surface area contributed by atoms with Gasteiger partial charge in [-0.1, -0.05) is 35.8 Å². The van der Waals surface area contributed by atoms with E-state index in [1.807, 2.05) is 24.3 Å². The van der Waals surface area contributed by atoms with Gasteiger partial charge in [0.05, 0.1) is 22.3 Å². The van der Waals surface area contributed by atoms with Crippen LogP contribution in [0.3, 0.4) is 0 Å². The van der Waals surface area contributed by atoms with Crippen molar-refractivity contribution < 1.29 is 19.1 Å². The van der Waals surface area contributed by atoms with Crippen LogP contribution in [-0.2, 0) is 19.1 Å². The molecule has 0 radical (unpaired) electrons. The predicted molar refractivity (Wildman–Crippen MR) is 97.3 cm³/mol. The van der Waals surface area contributed by atoms with E-state index in [1.165, 1.54) is 13.8 Å². The monoisotopic (exact) mass is 344 g/mol. The molecule has 2 aliphatic rings. The highest BCUT2D eigenvalue weighted by Crippen LogP contribution is 2.09. The first-order chi connectivity index (χ1) is 12.5. The van der Waals surface area contributed by atoms with Crippen molar-refractivity contribution in [2.45, 2.75) is 13.8 Å². The van der Waals surface area contributed by atoms with Crippen LogP contribution in [0, 0.1) is 23.7 Å². The number of allylic oxidation sites excluding steroid dienone is 6. The smallest absolute Gasteiger partial charge is 0.302 e. The zero-order valence-electron chi connectivity index (χ0n) is 14.5. The molecule has 2 aliphatic carbocycles. The lowest BCUT2D eigenvalue weighted by molar-refractivity contribution is -0.141. The van der Waals surface area contributed by atoms with E-state index in [0.29, 0.717) is 22.3 Å². The Kier molecular flexibility index (Phi) is 6.87. The fourth-order valence-corrected chi connectivity index (χ4v) is 1.85. The summed E-state index contributed by atoms with van der Waals surface area (Å²) < 4.78 is 10.1. The highest BCUT2D eigenvalue weighted by atomic mass is 16.5. The van der Waals surface area contributed by atoms with Crippen molar-refractivity contribution in [1.82, 2.24) is 0 Å². The molecule has 0 unspecified atom stereocenters. The van der Waals surface area contributed by atoms with Crippen molar-refractivity contribution in [1.29, 1.82) is 0 Å². The Morgan fingerprint density at radius 2 is 1.27 bits per heavy atom. The highest BCUT2D eigenvalue weighted by Gasteiger charge is 2.08. The van der Waals surface area contributed by atoms with Gasteiger partial charge < -0.3 is 9.47 Å². The Hall–Kier alpha value is -3.68. The summed E-state index contributed by atoms with van der Waals surface area (Å²) in [4.78, 5) is 22.4. The number of esters is 2. The molecule has 0 heterocycles. The molecule has 0 spiro atoms. The summed E-state index contributed by atoms with van der Waals surface area (Å²) in [5.41, 5.74) is 8.28. The topological polar surface area (TPSA) is 52.6 Å². The second-order valence-corrected chi connectivity index (χ2v) is 5.19. The number of hydrogen-bond acceptors (Lipinski definition) is 4. The Balaban J connectivity index is 2.39. The predicted octanol–water partition coefficient (Wildman–Crippen LogP) is 2.72. The van der Waals surface area contributed by atoms with Crippen molar-refractivity contribution in [3.8, 4) is 23.7 Å². The standard InChI is InChI=1S/C22H16O4/c1-17(23)25-15-21(13-11-19-7-3-4-8-19)22(16-26-18(2)24)14-12-20-9-5-6-10-20/h3-7,9H,15-16H2,1-2H3/b22-21+. The van der Waals surface area contributed by atoms with Gasteiger partial charge in [-0.2, -0.15) is 0 Å². The average Bonchev–Trinajstić information content (AvgIpc) is 3.28. The number of rotatable bonds is 4. The third-order valence-corrected chi connectivity index (χ3v) is 3.10. The minimum absolute atomic E-state index is 0.0565. The number of carbonyl (C=O) groups is 2. The molecular weight excluding hydrogens is 328 g/mol. The van der Waals surface area contributed by atoms with Crippen LogP contribution in [0.4, 0.5) is 0 Å². The van der Waals surface area contributed by atoms with Crippen LogP contribution in [0.15, 0.2) is 70.2 Å². The molecule has 0 saturated heterocycles. The minimum Gasteiger partial charge on any atom is -0.460 e. The summed E-state index contributed by atoms with van der Waals surface area (Å²) in [7, 11) is 0. The maximum Gasteiger partial charge on any atom is 0.302 e. The summed E-state index contributed by atoms with van der Waals surface area (Å²) in [5, 5.41) is 0. The molecule has 0 bridgehead atoms. The zero-order chi connectivity index (χ0) is 18.8. The van der Waals surface area contributed by atoms with Crippen molar-refractivity contribution >= 4 is 11.9 Å². The van der Waals surface area contributed by atoms with Crippen molar-refractivity contribution in [3.05, 3.63) is 70.2 Å². The Labute approximate surface area is 152 Å². The number of ether oxygens (including phenoxy) is 2. The van der Waals surface area contributed by atoms with Crippen LogP contribution in [0.2, 0.25) is 0 Å². The van der Waals surface area contributed by atoms with Gasteiger partial charge in [-0.15, -0.1) is 11.5 Å². The molecule has 0 saturated carbocycles. The van der Waals surface area contributed by atoms with Crippen LogP contribution in [0.25, 0.3) is 0 Å². The van der Waals surface area contributed by atoms with Crippen LogP contribution >= 0.6 is 0 Å². The second-order valence-electron chi connectivity index (χ2n) is 5.19. The number of carbonyl (C=O) groups excluding carboxylic acids is 2. The van der Waals surface area contributed by atoms with Gasteiger partial charge in [-0.3, -0.25) is 9.59 Å². The van der Waals surface area contributed by atoms with Gasteiger partial charge in [0.1, 0.15) is 13.2 Å². The maximum absolute atomic E-state index is 11.2. The molecule has 0 atom stereocenters. The van der Waals surface area contributed by atoms with Gasteiger partial charge in [0.15, 0.2) is 0 Å². The van der Waals surface area contributed by atoms with E-state index in [0.717, 1.165) is 0 Å². The molecule has 0 aliphatic heterocycles. The van der Waals surface area contributed by atoms with Gasteiger partial charge >= 0.3 is 11.9 Å². The van der Waals surface area contributed by atoms with E-state index >= 15 is 0 Å². The lowest BCUT2D eigenvalue weighted by Gasteiger charge is -2.07. The molecule has 26 heavy (non-hydrogen) atoms. The average molecular weight is 344 g/mol. The van der Waals surface area contributed by atoms with E-state index in [4.69, 9.17) is 9.47 Å². The highest BCUT2D eigenvalue weighted by molar-refractivity contribution is 5.67. The third kappa shape index (κ3) is 6.44. The fraction of sp³-hybridized carbons (Fsp3) is 0.182. The largest absolute Gasteiger partial charge is 0.460 e. The minimum atomic E-state index is -0.437. The Morgan fingerprint density at radius 3 is 1.58 bits per heavy atom. The van der Waals surface area contributed by atoms with Crippen LogP contribution < -0.4 is 0 Å². The lowest BCUT2D eigenvalue weighted by atomic mass is 10.1. The summed E-state index contributed by atoms with van der Waals surface area (Å²) in [6, 6.07) is 0. The third-order valence-electron chi connectivity index (χ3n) is 3.10. The summed E-state index contributed by atoms with van der Waals surface area (Å²) in [5.74, 6) is 10.9. The lowest BCUT2D eigenvalue weighted by Crippen LogP contribution is -2.09. The summed E-state index contributed by atoms with van der Waals surface area (Å²) in [6.45, 7) is 2.51. The van der Waals surface area contributed by atoms with E-state index in [2.05, 4.69) is 35.1 Å². The van der Waals surface area contributed by atoms with E-state index < -0.39 is 11.9 Å². The molecule has 0 amide bonds. The summed E-state index contributed by atoms with van der Waals surface area (Å²) >= 11 is 0. The van der Waals surface area contributed by atoms with Gasteiger partial charge in [0.25, 0.3) is 0 Å². The molecule has 4 nitrogen and oxygen atoms in total. The van der Waals surface area contributed by atoms with Gasteiger partial charge in [0, 0.05) is 13.8 Å². The van der Waals surface area contributed by atoms with Crippen LogP contribution in [0.1, 0.15) is 13.8 Å². The van der Waals surface area contributed by atoms with Crippen molar-refractivity contribution in [2.75, 3.05) is 13.2 Å². The summed E-state index contributed by atoms with van der Waals surface area (Å²) in [6.07, 6.45) is 10.8. The molecule has 0 aromatic rings. The van der Waals surface area contributed by atoms with Gasteiger partial charge in [0.2, 0.25) is 0 Å². The molecule has 0 aromatic heterocycles. The van der Waals surface area contributed by atoms with Gasteiger partial charge in [-0.05, 0) is 24.3 Å². The van der Waals surface area contributed by atoms with E-state index in [-0.39, 0.29) is 13.2 Å². The molecule has 0 aromatic carbocycles. The fourth-order valence-electron chi connectivity index (χ4n) is 1.85. The van der Waals surface area contributed by atoms with Gasteiger partial charge in [-0.25, -0.2) is 0 Å². The molecule has 4 heteroatoms. The Morgan fingerprint density at radius 1 is 0.846 bits per heavy atom. The van der Waals surface area contributed by atoms with Crippen molar-refractivity contribution in [3.63, 3.8) is 0 Å². The first kappa shape index (κ1) is 18.7. The number of hydrogen-bond donors (Lipinski definition) is 0. The molecule has 128 valence electrons. The zero-order valence-corrected chi connectivity index (χ0v) is 14.5. The SMILES string of the molecule is CC(=O)OC/C(C#CC1=C=CC=C1)=C(\C#CC1=C=CC=C1)COC(C)=O. The van der Waals surface area contributed by atoms with Crippen LogP contribution in [-0.4, -0.2) is 25.2 Å². The first-order valence-corrected chi connectivity index (χ1v) is 7.84. The van der Waals surface area contributed by atoms with Crippen LogP contribution in [0.5, 0.6) is 0 Å². The second kappa shape index (κ2) is 9.58. The molecule has 0 N–H and O–H groups in total. The van der Waals surface area contributed by atoms with E-state index in [1.54, 1.807) is 12.2 Å². The molecular formula is C22H16O4.